The molecule has 4 aromatic rings. The van der Waals surface area contributed by atoms with Gasteiger partial charge in [-0.15, -0.1) is 0 Å². The fraction of sp³-hybridized carbons (Fsp3) is 0.211. The van der Waals surface area contributed by atoms with Crippen LogP contribution in [0.4, 0.5) is 4.39 Å². The van der Waals surface area contributed by atoms with Gasteiger partial charge in [0.1, 0.15) is 12.0 Å². The van der Waals surface area contributed by atoms with Crippen molar-refractivity contribution in [3.05, 3.63) is 66.5 Å². The van der Waals surface area contributed by atoms with Crippen molar-refractivity contribution in [3.63, 3.8) is 0 Å². The second-order valence-corrected chi connectivity index (χ2v) is 5.98. The minimum Gasteiger partial charge on any atom is -0.324 e. The van der Waals surface area contributed by atoms with E-state index in [0.717, 1.165) is 35.0 Å². The predicted octanol–water partition coefficient (Wildman–Crippen LogP) is 3.42. The van der Waals surface area contributed by atoms with Crippen molar-refractivity contribution < 1.29 is 4.39 Å². The molecule has 0 amide bonds. The van der Waals surface area contributed by atoms with Crippen LogP contribution in [0.2, 0.25) is 0 Å². The molecule has 0 aromatic carbocycles. The molecule has 0 atom stereocenters. The SMILES string of the molecule is CCCc1c(Cn2ccnc2-c2cccc(F)n2)ncc2cncnc12. The largest absolute Gasteiger partial charge is 0.324 e. The fourth-order valence-corrected chi connectivity index (χ4v) is 3.06. The zero-order chi connectivity index (χ0) is 17.9. The van der Waals surface area contributed by atoms with Gasteiger partial charge in [0.25, 0.3) is 0 Å². The molecule has 6 nitrogen and oxygen atoms in total. The number of rotatable bonds is 5. The van der Waals surface area contributed by atoms with Crippen molar-refractivity contribution in [2.45, 2.75) is 26.3 Å². The van der Waals surface area contributed by atoms with Gasteiger partial charge in [0.2, 0.25) is 5.95 Å². The van der Waals surface area contributed by atoms with Crippen LogP contribution in [0.15, 0.2) is 49.3 Å². The van der Waals surface area contributed by atoms with Gasteiger partial charge in [-0.1, -0.05) is 19.4 Å². The van der Waals surface area contributed by atoms with Crippen molar-refractivity contribution in [2.75, 3.05) is 0 Å². The van der Waals surface area contributed by atoms with Crippen LogP contribution in [0.5, 0.6) is 0 Å². The maximum absolute atomic E-state index is 13.5. The standard InChI is InChI=1S/C19H17FN6/c1-2-4-14-16(23-10-13-9-21-12-24-18(13)14)11-26-8-7-22-19(26)15-5-3-6-17(20)25-15/h3,5-10,12H,2,4,11H2,1H3. The van der Waals surface area contributed by atoms with Crippen molar-refractivity contribution in [3.8, 4) is 11.5 Å². The molecule has 0 bridgehead atoms. The van der Waals surface area contributed by atoms with Gasteiger partial charge in [-0.05, 0) is 18.6 Å². The van der Waals surface area contributed by atoms with E-state index in [9.17, 15) is 4.39 Å². The molecule has 0 aliphatic carbocycles. The van der Waals surface area contributed by atoms with E-state index in [1.807, 2.05) is 10.8 Å². The molecule has 4 heterocycles. The van der Waals surface area contributed by atoms with Crippen LogP contribution >= 0.6 is 0 Å². The van der Waals surface area contributed by atoms with Crippen LogP contribution in [-0.4, -0.2) is 29.5 Å². The van der Waals surface area contributed by atoms with Gasteiger partial charge >= 0.3 is 0 Å². The number of halogens is 1. The summed E-state index contributed by atoms with van der Waals surface area (Å²) < 4.78 is 15.4. The number of aromatic nitrogens is 6. The molecule has 0 N–H and O–H groups in total. The summed E-state index contributed by atoms with van der Waals surface area (Å²) in [7, 11) is 0. The van der Waals surface area contributed by atoms with Gasteiger partial charge < -0.3 is 4.57 Å². The summed E-state index contributed by atoms with van der Waals surface area (Å²) in [5, 5.41) is 0.928. The number of hydrogen-bond acceptors (Lipinski definition) is 5. The smallest absolute Gasteiger partial charge is 0.213 e. The summed E-state index contributed by atoms with van der Waals surface area (Å²) in [5.74, 6) is 0.0841. The Hall–Kier alpha value is -3.22. The Morgan fingerprint density at radius 3 is 2.88 bits per heavy atom. The molecule has 0 aliphatic rings. The summed E-state index contributed by atoms with van der Waals surface area (Å²) in [6.07, 6.45) is 10.5. The van der Waals surface area contributed by atoms with Gasteiger partial charge in [0.05, 0.1) is 17.8 Å². The van der Waals surface area contributed by atoms with Crippen molar-refractivity contribution >= 4 is 10.9 Å². The van der Waals surface area contributed by atoms with Crippen LogP contribution in [0.3, 0.4) is 0 Å². The molecule has 0 fully saturated rings. The van der Waals surface area contributed by atoms with Crippen LogP contribution in [0.1, 0.15) is 24.6 Å². The van der Waals surface area contributed by atoms with E-state index >= 15 is 0 Å². The second-order valence-electron chi connectivity index (χ2n) is 5.98. The van der Waals surface area contributed by atoms with Crippen LogP contribution in [0, 0.1) is 5.95 Å². The van der Waals surface area contributed by atoms with Crippen molar-refractivity contribution in [1.82, 2.24) is 29.5 Å². The number of fused-ring (bicyclic) bond motifs is 1. The first-order valence-electron chi connectivity index (χ1n) is 8.46. The van der Waals surface area contributed by atoms with Gasteiger partial charge in [-0.3, -0.25) is 4.98 Å². The number of aryl methyl sites for hydroxylation is 1. The summed E-state index contributed by atoms with van der Waals surface area (Å²) in [6, 6.07) is 4.70. The molecule has 4 rings (SSSR count). The summed E-state index contributed by atoms with van der Waals surface area (Å²) in [5.41, 5.74) is 3.46. The van der Waals surface area contributed by atoms with Crippen LogP contribution in [0.25, 0.3) is 22.4 Å². The molecule has 7 heteroatoms. The lowest BCUT2D eigenvalue weighted by atomic mass is 10.1. The summed E-state index contributed by atoms with van der Waals surface area (Å²) >= 11 is 0. The first-order valence-corrected chi connectivity index (χ1v) is 8.46. The molecule has 0 unspecified atom stereocenters. The van der Waals surface area contributed by atoms with Crippen LogP contribution < -0.4 is 0 Å². The van der Waals surface area contributed by atoms with Crippen molar-refractivity contribution in [1.29, 1.82) is 0 Å². The molecule has 130 valence electrons. The number of hydrogen-bond donors (Lipinski definition) is 0. The van der Waals surface area contributed by atoms with E-state index in [0.29, 0.717) is 18.1 Å². The van der Waals surface area contributed by atoms with E-state index in [4.69, 9.17) is 0 Å². The number of nitrogens with zero attached hydrogens (tertiary/aromatic N) is 6. The molecule has 0 saturated heterocycles. The molecular formula is C19H17FN6. The van der Waals surface area contributed by atoms with E-state index in [1.54, 1.807) is 37.1 Å². The molecule has 0 radical (unpaired) electrons. The monoisotopic (exact) mass is 348 g/mol. The van der Waals surface area contributed by atoms with E-state index in [2.05, 4.69) is 31.8 Å². The second kappa shape index (κ2) is 6.95. The Labute approximate surface area is 149 Å². The quantitative estimate of drug-likeness (QED) is 0.517. The Morgan fingerprint density at radius 1 is 1.12 bits per heavy atom. The highest BCUT2D eigenvalue weighted by molar-refractivity contribution is 5.80. The molecule has 4 aromatic heterocycles. The Bertz CT molecular complexity index is 1060. The molecule has 0 saturated carbocycles. The third kappa shape index (κ3) is 3.03. The maximum Gasteiger partial charge on any atom is 0.213 e. The number of imidazole rings is 1. The third-order valence-electron chi connectivity index (χ3n) is 4.21. The Morgan fingerprint density at radius 2 is 2.04 bits per heavy atom. The van der Waals surface area contributed by atoms with Gasteiger partial charge in [-0.2, -0.15) is 4.39 Å². The number of pyridine rings is 2. The van der Waals surface area contributed by atoms with Gasteiger partial charge in [-0.25, -0.2) is 19.9 Å². The highest BCUT2D eigenvalue weighted by Gasteiger charge is 2.14. The van der Waals surface area contributed by atoms with E-state index in [-0.39, 0.29) is 0 Å². The highest BCUT2D eigenvalue weighted by Crippen LogP contribution is 2.22. The predicted molar refractivity (Wildman–Crippen MR) is 95.8 cm³/mol. The lowest BCUT2D eigenvalue weighted by molar-refractivity contribution is 0.584. The van der Waals surface area contributed by atoms with E-state index < -0.39 is 5.95 Å². The third-order valence-corrected chi connectivity index (χ3v) is 4.21. The zero-order valence-corrected chi connectivity index (χ0v) is 14.3. The molecule has 0 spiro atoms. The molecule has 26 heavy (non-hydrogen) atoms. The normalized spacial score (nSPS) is 11.2. The minimum atomic E-state index is -0.524. The lowest BCUT2D eigenvalue weighted by Crippen LogP contribution is -2.08. The van der Waals surface area contributed by atoms with Crippen molar-refractivity contribution in [2.24, 2.45) is 0 Å². The zero-order valence-electron chi connectivity index (χ0n) is 14.3. The first kappa shape index (κ1) is 16.3. The average molecular weight is 348 g/mol. The molecular weight excluding hydrogens is 331 g/mol. The lowest BCUT2D eigenvalue weighted by Gasteiger charge is -2.13. The van der Waals surface area contributed by atoms with Gasteiger partial charge in [0, 0.05) is 35.7 Å². The Balaban J connectivity index is 1.77. The van der Waals surface area contributed by atoms with Crippen LogP contribution in [-0.2, 0) is 13.0 Å². The average Bonchev–Trinajstić information content (AvgIpc) is 3.12. The first-order chi connectivity index (χ1) is 12.8. The highest BCUT2D eigenvalue weighted by atomic mass is 19.1. The fourth-order valence-electron chi connectivity index (χ4n) is 3.06. The summed E-state index contributed by atoms with van der Waals surface area (Å²) in [4.78, 5) is 21.4. The molecule has 0 aliphatic heterocycles. The maximum atomic E-state index is 13.5. The topological polar surface area (TPSA) is 69.4 Å². The minimum absolute atomic E-state index is 0.496. The van der Waals surface area contributed by atoms with Gasteiger partial charge in [0.15, 0.2) is 5.82 Å². The summed E-state index contributed by atoms with van der Waals surface area (Å²) in [6.45, 7) is 2.64. The Kier molecular flexibility index (Phi) is 4.35. The van der Waals surface area contributed by atoms with E-state index in [1.165, 1.54) is 6.07 Å².